The highest BCUT2D eigenvalue weighted by Gasteiger charge is 2.25. The molecule has 0 aromatic heterocycles. The van der Waals surface area contributed by atoms with Crippen LogP contribution in [-0.4, -0.2) is 5.92 Å². The average Bonchev–Trinajstić information content (AvgIpc) is 2.56. The highest BCUT2D eigenvalue weighted by Crippen LogP contribution is 2.22. The first-order valence-corrected chi connectivity index (χ1v) is 9.83. The predicted octanol–water partition coefficient (Wildman–Crippen LogP) is 7.63. The fourth-order valence-electron chi connectivity index (χ4n) is 1.95. The van der Waals surface area contributed by atoms with Crippen LogP contribution in [0.3, 0.4) is 0 Å². The maximum atomic E-state index is 12.5. The van der Waals surface area contributed by atoms with Crippen molar-refractivity contribution in [3.63, 3.8) is 0 Å². The zero-order valence-electron chi connectivity index (χ0n) is 17.1. The van der Waals surface area contributed by atoms with Gasteiger partial charge < -0.3 is 0 Å². The van der Waals surface area contributed by atoms with Gasteiger partial charge in [-0.3, -0.25) is 0 Å². The van der Waals surface area contributed by atoms with E-state index in [1.54, 1.807) is 6.92 Å². The summed E-state index contributed by atoms with van der Waals surface area (Å²) in [4.78, 5) is 0. The van der Waals surface area contributed by atoms with Gasteiger partial charge >= 0.3 is 5.92 Å². The molecule has 0 nitrogen and oxygen atoms in total. The van der Waals surface area contributed by atoms with Crippen LogP contribution in [0.15, 0.2) is 0 Å². The number of hydrogen-bond acceptors (Lipinski definition) is 0. The SMILES string of the molecule is C#CC.C1#CCCCCCC1.CC.CC.FC1(F)C#CCCCCC1. The summed E-state index contributed by atoms with van der Waals surface area (Å²) in [6.07, 6.45) is 15.4. The number of alkyl halides is 2. The van der Waals surface area contributed by atoms with Gasteiger partial charge in [0.25, 0.3) is 0 Å². The molecule has 25 heavy (non-hydrogen) atoms. The molecule has 0 saturated carbocycles. The molecular weight excluding hydrogens is 314 g/mol. The van der Waals surface area contributed by atoms with Crippen LogP contribution in [0.25, 0.3) is 0 Å². The third-order valence-electron chi connectivity index (χ3n) is 3.04. The Balaban J connectivity index is -0.000000289. The van der Waals surface area contributed by atoms with Gasteiger partial charge in [0.05, 0.1) is 0 Å². The number of rotatable bonds is 0. The highest BCUT2D eigenvalue weighted by molar-refractivity contribution is 5.09. The van der Waals surface area contributed by atoms with Crippen LogP contribution in [-0.2, 0) is 0 Å². The molecule has 0 aliphatic heterocycles. The van der Waals surface area contributed by atoms with Crippen molar-refractivity contribution >= 4 is 0 Å². The van der Waals surface area contributed by atoms with Crippen molar-refractivity contribution in [1.29, 1.82) is 0 Å². The number of halogens is 2. The Morgan fingerprint density at radius 1 is 0.720 bits per heavy atom. The second-order valence-corrected chi connectivity index (χ2v) is 5.12. The molecule has 2 heteroatoms. The smallest absolute Gasteiger partial charge is 0.192 e. The molecule has 0 amide bonds. The number of terminal acetylenes is 1. The monoisotopic (exact) mass is 352 g/mol. The minimum absolute atomic E-state index is 0.0556. The topological polar surface area (TPSA) is 0 Å². The molecule has 2 rings (SSSR count). The van der Waals surface area contributed by atoms with Crippen LogP contribution in [0.1, 0.15) is 105 Å². The fourth-order valence-corrected chi connectivity index (χ4v) is 1.95. The molecular formula is C23H38F2. The Bertz CT molecular complexity index is 395. The predicted molar refractivity (Wildman–Crippen MR) is 108 cm³/mol. The van der Waals surface area contributed by atoms with Gasteiger partial charge in [0.2, 0.25) is 0 Å². The minimum Gasteiger partial charge on any atom is -0.192 e. The average molecular weight is 353 g/mol. The standard InChI is InChI=1S/C8H10F2.C8H12.C3H4.2C2H6/c9-8(10)6-4-2-1-3-5-7-8;1-2-4-6-8-7-5-3-1;1-3-2;2*1-2/h1-4,6H2;1-6H2;1H,2H3;2*1-2H3. The zero-order chi connectivity index (χ0) is 19.8. The summed E-state index contributed by atoms with van der Waals surface area (Å²) in [5.41, 5.74) is 0. The lowest BCUT2D eigenvalue weighted by Crippen LogP contribution is -2.13. The fraction of sp³-hybridized carbons (Fsp3) is 0.739. The van der Waals surface area contributed by atoms with Gasteiger partial charge in [-0.2, -0.15) is 8.78 Å². The second-order valence-electron chi connectivity index (χ2n) is 5.12. The maximum Gasteiger partial charge on any atom is 0.308 e. The van der Waals surface area contributed by atoms with Crippen molar-refractivity contribution in [1.82, 2.24) is 0 Å². The summed E-state index contributed by atoms with van der Waals surface area (Å²) in [6.45, 7) is 9.65. The summed E-state index contributed by atoms with van der Waals surface area (Å²) in [5, 5.41) is 0. The van der Waals surface area contributed by atoms with Gasteiger partial charge in [-0.25, -0.2) is 0 Å². The van der Waals surface area contributed by atoms with E-state index >= 15 is 0 Å². The summed E-state index contributed by atoms with van der Waals surface area (Å²) in [5.74, 6) is 10.3. The molecule has 0 bridgehead atoms. The van der Waals surface area contributed by atoms with Gasteiger partial charge in [0.15, 0.2) is 0 Å². The van der Waals surface area contributed by atoms with Gasteiger partial charge in [-0.15, -0.1) is 24.2 Å². The molecule has 2 aliphatic rings. The molecule has 0 atom stereocenters. The first kappa shape index (κ1) is 28.3. The first-order valence-electron chi connectivity index (χ1n) is 9.83. The molecule has 0 aromatic rings. The molecule has 0 fully saturated rings. The second kappa shape index (κ2) is 24.8. The van der Waals surface area contributed by atoms with Crippen molar-refractivity contribution in [3.05, 3.63) is 0 Å². The van der Waals surface area contributed by atoms with E-state index in [1.807, 2.05) is 33.6 Å². The van der Waals surface area contributed by atoms with Crippen LogP contribution in [0, 0.1) is 36.0 Å². The zero-order valence-corrected chi connectivity index (χ0v) is 17.1. The summed E-state index contributed by atoms with van der Waals surface area (Å²) < 4.78 is 24.9. The van der Waals surface area contributed by atoms with E-state index in [9.17, 15) is 8.78 Å². The van der Waals surface area contributed by atoms with E-state index < -0.39 is 5.92 Å². The molecule has 0 aromatic carbocycles. The van der Waals surface area contributed by atoms with E-state index in [4.69, 9.17) is 0 Å². The van der Waals surface area contributed by atoms with Crippen LogP contribution in [0.2, 0.25) is 0 Å². The normalized spacial score (nSPS) is 16.7. The Morgan fingerprint density at radius 3 is 1.52 bits per heavy atom. The van der Waals surface area contributed by atoms with Crippen molar-refractivity contribution in [3.8, 4) is 36.0 Å². The van der Waals surface area contributed by atoms with Crippen LogP contribution in [0.5, 0.6) is 0 Å². The molecule has 144 valence electrons. The molecule has 0 radical (unpaired) electrons. The van der Waals surface area contributed by atoms with E-state index in [2.05, 4.69) is 30.1 Å². The molecule has 0 saturated heterocycles. The van der Waals surface area contributed by atoms with Gasteiger partial charge in [0.1, 0.15) is 0 Å². The van der Waals surface area contributed by atoms with Crippen LogP contribution >= 0.6 is 0 Å². The van der Waals surface area contributed by atoms with Gasteiger partial charge in [0, 0.05) is 25.7 Å². The molecule has 0 heterocycles. The van der Waals surface area contributed by atoms with E-state index in [1.165, 1.54) is 25.7 Å². The van der Waals surface area contributed by atoms with E-state index in [0.29, 0.717) is 12.8 Å². The van der Waals surface area contributed by atoms with Gasteiger partial charge in [-0.1, -0.05) is 52.9 Å². The molecule has 0 spiro atoms. The van der Waals surface area contributed by atoms with E-state index in [-0.39, 0.29) is 6.42 Å². The maximum absolute atomic E-state index is 12.5. The quantitative estimate of drug-likeness (QED) is 0.393. The Morgan fingerprint density at radius 2 is 1.08 bits per heavy atom. The van der Waals surface area contributed by atoms with Crippen molar-refractivity contribution in [2.75, 3.05) is 0 Å². The summed E-state index contributed by atoms with van der Waals surface area (Å²) in [7, 11) is 0. The van der Waals surface area contributed by atoms with Gasteiger partial charge in [-0.05, 0) is 38.5 Å². The largest absolute Gasteiger partial charge is 0.308 e. The lowest BCUT2D eigenvalue weighted by molar-refractivity contribution is 0.0528. The molecule has 0 unspecified atom stereocenters. The third kappa shape index (κ3) is 27.7. The lowest BCUT2D eigenvalue weighted by atomic mass is 10.1. The lowest BCUT2D eigenvalue weighted by Gasteiger charge is -2.09. The molecule has 0 N–H and O–H groups in total. The van der Waals surface area contributed by atoms with Crippen molar-refractivity contribution in [2.24, 2.45) is 0 Å². The summed E-state index contributed by atoms with van der Waals surface area (Å²) >= 11 is 0. The Labute approximate surface area is 156 Å². The molecule has 2 aliphatic carbocycles. The highest BCUT2D eigenvalue weighted by atomic mass is 19.3. The van der Waals surface area contributed by atoms with E-state index in [0.717, 1.165) is 25.7 Å². The Kier molecular flexibility index (Phi) is 28.1. The van der Waals surface area contributed by atoms with Crippen LogP contribution < -0.4 is 0 Å². The van der Waals surface area contributed by atoms with Crippen LogP contribution in [0.4, 0.5) is 8.78 Å². The third-order valence-corrected chi connectivity index (χ3v) is 3.04. The first-order chi connectivity index (χ1) is 12.1. The minimum atomic E-state index is -2.71. The number of hydrogen-bond donors (Lipinski definition) is 0. The van der Waals surface area contributed by atoms with Crippen molar-refractivity contribution < 1.29 is 8.78 Å². The summed E-state index contributed by atoms with van der Waals surface area (Å²) in [6, 6.07) is 0. The van der Waals surface area contributed by atoms with Crippen molar-refractivity contribution in [2.45, 2.75) is 111 Å². The Hall–Kier alpha value is -1.46.